The Kier molecular flexibility index (Phi) is 4.35. The average Bonchev–Trinajstić information content (AvgIpc) is 2.43. The highest BCUT2D eigenvalue weighted by molar-refractivity contribution is 9.10. The molecule has 0 saturated carbocycles. The number of aromatic hydroxyl groups is 1. The Morgan fingerprint density at radius 3 is 2.95 bits per heavy atom. The van der Waals surface area contributed by atoms with E-state index < -0.39 is 0 Å². The number of hydrazone groups is 1. The third kappa shape index (κ3) is 3.45. The number of halogens is 1. The van der Waals surface area contributed by atoms with Crippen molar-refractivity contribution in [3.8, 4) is 11.5 Å². The second-order valence-corrected chi connectivity index (χ2v) is 4.49. The highest BCUT2D eigenvalue weighted by atomic mass is 79.9. The Morgan fingerprint density at radius 1 is 1.42 bits per heavy atom. The van der Waals surface area contributed by atoms with E-state index in [0.717, 1.165) is 5.56 Å². The number of hydrogen-bond donors (Lipinski definition) is 2. The standard InChI is InChI=1S/C13H12BrN3O2/c1-19-11-7-9(6-10(14)13(11)18)8-16-17-12-4-2-3-5-15-12/h2-8,18H,1H3,(H,15,17)/b16-8-. The van der Waals surface area contributed by atoms with Gasteiger partial charge in [0, 0.05) is 6.20 Å². The minimum Gasteiger partial charge on any atom is -0.503 e. The maximum absolute atomic E-state index is 9.68. The van der Waals surface area contributed by atoms with Gasteiger partial charge in [0.15, 0.2) is 11.5 Å². The van der Waals surface area contributed by atoms with Crippen molar-refractivity contribution in [1.82, 2.24) is 4.98 Å². The van der Waals surface area contributed by atoms with Gasteiger partial charge in [-0.15, -0.1) is 0 Å². The lowest BCUT2D eigenvalue weighted by atomic mass is 10.2. The summed E-state index contributed by atoms with van der Waals surface area (Å²) < 4.78 is 5.60. The van der Waals surface area contributed by atoms with E-state index in [-0.39, 0.29) is 5.75 Å². The summed E-state index contributed by atoms with van der Waals surface area (Å²) in [5.41, 5.74) is 3.59. The summed E-state index contributed by atoms with van der Waals surface area (Å²) in [5, 5.41) is 13.7. The van der Waals surface area contributed by atoms with Gasteiger partial charge in [-0.05, 0) is 45.8 Å². The normalized spacial score (nSPS) is 10.6. The first-order valence-corrected chi connectivity index (χ1v) is 6.26. The summed E-state index contributed by atoms with van der Waals surface area (Å²) in [4.78, 5) is 4.08. The highest BCUT2D eigenvalue weighted by Gasteiger charge is 2.07. The van der Waals surface area contributed by atoms with Crippen LogP contribution < -0.4 is 10.2 Å². The lowest BCUT2D eigenvalue weighted by Gasteiger charge is -2.06. The molecule has 2 N–H and O–H groups in total. The van der Waals surface area contributed by atoms with E-state index in [1.807, 2.05) is 18.2 Å². The lowest BCUT2D eigenvalue weighted by molar-refractivity contribution is 0.372. The van der Waals surface area contributed by atoms with Crippen molar-refractivity contribution in [1.29, 1.82) is 0 Å². The fourth-order valence-electron chi connectivity index (χ4n) is 1.43. The van der Waals surface area contributed by atoms with Crippen LogP contribution in [0.1, 0.15) is 5.56 Å². The molecule has 2 rings (SSSR count). The van der Waals surface area contributed by atoms with E-state index in [0.29, 0.717) is 16.0 Å². The molecule has 1 aromatic carbocycles. The molecule has 0 aliphatic heterocycles. The quantitative estimate of drug-likeness (QED) is 0.671. The fraction of sp³-hybridized carbons (Fsp3) is 0.0769. The number of hydrogen-bond acceptors (Lipinski definition) is 5. The minimum atomic E-state index is 0.0670. The minimum absolute atomic E-state index is 0.0670. The van der Waals surface area contributed by atoms with Crippen LogP contribution in [0.3, 0.4) is 0 Å². The van der Waals surface area contributed by atoms with Gasteiger partial charge in [0.1, 0.15) is 5.82 Å². The van der Waals surface area contributed by atoms with Crippen molar-refractivity contribution in [2.45, 2.75) is 0 Å². The van der Waals surface area contributed by atoms with Crippen molar-refractivity contribution in [3.63, 3.8) is 0 Å². The van der Waals surface area contributed by atoms with Crippen LogP contribution in [0.5, 0.6) is 11.5 Å². The molecule has 0 bridgehead atoms. The van der Waals surface area contributed by atoms with Crippen molar-refractivity contribution < 1.29 is 9.84 Å². The van der Waals surface area contributed by atoms with E-state index in [9.17, 15) is 5.11 Å². The summed E-state index contributed by atoms with van der Waals surface area (Å²) in [7, 11) is 1.49. The summed E-state index contributed by atoms with van der Waals surface area (Å²) in [6.07, 6.45) is 3.29. The second-order valence-electron chi connectivity index (χ2n) is 3.64. The van der Waals surface area contributed by atoms with Gasteiger partial charge in [-0.3, -0.25) is 5.43 Å². The van der Waals surface area contributed by atoms with Crippen LogP contribution >= 0.6 is 15.9 Å². The summed E-state index contributed by atoms with van der Waals surface area (Å²) in [5.74, 6) is 1.11. The topological polar surface area (TPSA) is 66.7 Å². The Bertz CT molecular complexity index is 588. The summed E-state index contributed by atoms with van der Waals surface area (Å²) in [6, 6.07) is 8.93. The van der Waals surface area contributed by atoms with Crippen LogP contribution in [0.2, 0.25) is 0 Å². The Morgan fingerprint density at radius 2 is 2.26 bits per heavy atom. The molecule has 2 aromatic rings. The molecule has 6 heteroatoms. The van der Waals surface area contributed by atoms with Crippen LogP contribution in [0, 0.1) is 0 Å². The van der Waals surface area contributed by atoms with Gasteiger partial charge in [-0.2, -0.15) is 5.10 Å². The molecule has 0 saturated heterocycles. The van der Waals surface area contributed by atoms with E-state index >= 15 is 0 Å². The number of anilines is 1. The molecule has 0 fully saturated rings. The number of nitrogens with one attached hydrogen (secondary N) is 1. The Labute approximate surface area is 119 Å². The molecule has 0 aliphatic rings. The zero-order valence-electron chi connectivity index (χ0n) is 10.2. The van der Waals surface area contributed by atoms with Crippen molar-refractivity contribution in [2.24, 2.45) is 5.10 Å². The number of phenols is 1. The molecule has 0 atom stereocenters. The average molecular weight is 322 g/mol. The first kappa shape index (κ1) is 13.4. The van der Waals surface area contributed by atoms with Crippen molar-refractivity contribution in [2.75, 3.05) is 12.5 Å². The van der Waals surface area contributed by atoms with Crippen LogP contribution in [-0.2, 0) is 0 Å². The molecule has 1 heterocycles. The van der Waals surface area contributed by atoms with Crippen molar-refractivity contribution >= 4 is 28.0 Å². The molecule has 98 valence electrons. The number of methoxy groups -OCH3 is 1. The molecule has 19 heavy (non-hydrogen) atoms. The summed E-state index contributed by atoms with van der Waals surface area (Å²) in [6.45, 7) is 0. The zero-order valence-corrected chi connectivity index (χ0v) is 11.8. The van der Waals surface area contributed by atoms with Gasteiger partial charge in [0.25, 0.3) is 0 Å². The van der Waals surface area contributed by atoms with E-state index in [2.05, 4.69) is 31.4 Å². The van der Waals surface area contributed by atoms with Gasteiger partial charge in [0.05, 0.1) is 17.8 Å². The van der Waals surface area contributed by atoms with E-state index in [4.69, 9.17) is 4.74 Å². The van der Waals surface area contributed by atoms with Crippen LogP contribution in [-0.4, -0.2) is 23.4 Å². The number of aromatic nitrogens is 1. The highest BCUT2D eigenvalue weighted by Crippen LogP contribution is 2.34. The first-order chi connectivity index (χ1) is 9.20. The predicted molar refractivity (Wildman–Crippen MR) is 77.8 cm³/mol. The van der Waals surface area contributed by atoms with Crippen LogP contribution in [0.15, 0.2) is 46.1 Å². The smallest absolute Gasteiger partial charge is 0.172 e. The molecule has 5 nitrogen and oxygen atoms in total. The van der Waals surface area contributed by atoms with Gasteiger partial charge in [-0.1, -0.05) is 6.07 Å². The molecule has 0 radical (unpaired) electrons. The molecule has 0 amide bonds. The maximum atomic E-state index is 9.68. The molecule has 1 aromatic heterocycles. The zero-order chi connectivity index (χ0) is 13.7. The number of pyridine rings is 1. The Balaban J connectivity index is 2.13. The Hall–Kier alpha value is -2.08. The first-order valence-electron chi connectivity index (χ1n) is 5.47. The lowest BCUT2D eigenvalue weighted by Crippen LogP contribution is -1.93. The molecular weight excluding hydrogens is 310 g/mol. The molecule has 0 aliphatic carbocycles. The largest absolute Gasteiger partial charge is 0.503 e. The number of nitrogens with zero attached hydrogens (tertiary/aromatic N) is 2. The number of ether oxygens (including phenoxy) is 1. The maximum Gasteiger partial charge on any atom is 0.172 e. The molecule has 0 spiro atoms. The number of rotatable bonds is 4. The molecule has 0 unspecified atom stereocenters. The number of phenolic OH excluding ortho intramolecular Hbond substituents is 1. The SMILES string of the molecule is COc1cc(/C=N\Nc2ccccn2)cc(Br)c1O. The van der Waals surface area contributed by atoms with E-state index in [1.165, 1.54) is 7.11 Å². The van der Waals surface area contributed by atoms with Gasteiger partial charge < -0.3 is 9.84 Å². The van der Waals surface area contributed by atoms with Crippen LogP contribution in [0.25, 0.3) is 0 Å². The molecular formula is C13H12BrN3O2. The third-order valence-corrected chi connectivity index (χ3v) is 2.93. The number of benzene rings is 1. The van der Waals surface area contributed by atoms with Crippen LogP contribution in [0.4, 0.5) is 5.82 Å². The third-order valence-electron chi connectivity index (χ3n) is 2.33. The van der Waals surface area contributed by atoms with Crippen molar-refractivity contribution in [3.05, 3.63) is 46.6 Å². The monoisotopic (exact) mass is 321 g/mol. The fourth-order valence-corrected chi connectivity index (χ4v) is 1.89. The van der Waals surface area contributed by atoms with Gasteiger partial charge in [-0.25, -0.2) is 4.98 Å². The predicted octanol–water partition coefficient (Wildman–Crippen LogP) is 3.00. The van der Waals surface area contributed by atoms with Gasteiger partial charge >= 0.3 is 0 Å². The second kappa shape index (κ2) is 6.19. The summed E-state index contributed by atoms with van der Waals surface area (Å²) >= 11 is 3.25. The van der Waals surface area contributed by atoms with Gasteiger partial charge in [0.2, 0.25) is 0 Å². The van der Waals surface area contributed by atoms with E-state index in [1.54, 1.807) is 24.5 Å².